The summed E-state index contributed by atoms with van der Waals surface area (Å²) in [5, 5.41) is 3.44. The summed E-state index contributed by atoms with van der Waals surface area (Å²) in [4.78, 5) is 0. The first-order valence-electron chi connectivity index (χ1n) is 7.37. The zero-order valence-electron chi connectivity index (χ0n) is 12.2. The second-order valence-electron chi connectivity index (χ2n) is 5.03. The Hall–Kier alpha value is -1.22. The van der Waals surface area contributed by atoms with Crippen LogP contribution in [0.1, 0.15) is 44.7 Å². The topological polar surface area (TPSA) is 30.5 Å². The van der Waals surface area contributed by atoms with E-state index in [2.05, 4.69) is 17.4 Å². The normalized spacial score (nSPS) is 16.8. The molecule has 2 rings (SSSR count). The predicted molar refractivity (Wildman–Crippen MR) is 77.9 cm³/mol. The molecule has 1 aromatic rings. The van der Waals surface area contributed by atoms with Crippen molar-refractivity contribution in [1.29, 1.82) is 0 Å². The third-order valence-electron chi connectivity index (χ3n) is 3.86. The van der Waals surface area contributed by atoms with Gasteiger partial charge in [0.15, 0.2) is 11.5 Å². The highest BCUT2D eigenvalue weighted by molar-refractivity contribution is 5.44. The molecule has 0 aromatic heterocycles. The van der Waals surface area contributed by atoms with Crippen LogP contribution < -0.4 is 14.8 Å². The molecule has 0 amide bonds. The van der Waals surface area contributed by atoms with Gasteiger partial charge in [-0.05, 0) is 57.4 Å². The van der Waals surface area contributed by atoms with Crippen molar-refractivity contribution in [2.75, 3.05) is 20.3 Å². The summed E-state index contributed by atoms with van der Waals surface area (Å²) in [5.74, 6) is 2.47. The van der Waals surface area contributed by atoms with Gasteiger partial charge in [-0.1, -0.05) is 12.5 Å². The summed E-state index contributed by atoms with van der Waals surface area (Å²) in [6.45, 7) is 5.33. The van der Waals surface area contributed by atoms with Gasteiger partial charge in [-0.25, -0.2) is 0 Å². The predicted octanol–water partition coefficient (Wildman–Crippen LogP) is 3.54. The third-order valence-corrected chi connectivity index (χ3v) is 3.86. The van der Waals surface area contributed by atoms with Crippen molar-refractivity contribution in [3.8, 4) is 11.5 Å². The van der Waals surface area contributed by atoms with E-state index in [0.29, 0.717) is 19.3 Å². The van der Waals surface area contributed by atoms with Gasteiger partial charge in [0.25, 0.3) is 0 Å². The first-order valence-corrected chi connectivity index (χ1v) is 7.37. The summed E-state index contributed by atoms with van der Waals surface area (Å²) < 4.78 is 11.3. The fourth-order valence-electron chi connectivity index (χ4n) is 2.71. The van der Waals surface area contributed by atoms with Crippen molar-refractivity contribution >= 4 is 0 Å². The Balaban J connectivity index is 2.22. The first kappa shape index (κ1) is 14.2. The molecule has 1 fully saturated rings. The Morgan fingerprint density at radius 1 is 1.16 bits per heavy atom. The van der Waals surface area contributed by atoms with Crippen molar-refractivity contribution in [3.05, 3.63) is 23.8 Å². The Bertz CT molecular complexity index is 402. The van der Waals surface area contributed by atoms with Gasteiger partial charge in [0.05, 0.1) is 13.2 Å². The summed E-state index contributed by atoms with van der Waals surface area (Å²) >= 11 is 0. The van der Waals surface area contributed by atoms with Gasteiger partial charge < -0.3 is 14.8 Å². The van der Waals surface area contributed by atoms with Crippen LogP contribution >= 0.6 is 0 Å². The van der Waals surface area contributed by atoms with Crippen LogP contribution in [0.4, 0.5) is 0 Å². The largest absolute Gasteiger partial charge is 0.490 e. The molecule has 1 saturated carbocycles. The maximum absolute atomic E-state index is 5.70. The maximum atomic E-state index is 5.70. The molecule has 0 aliphatic heterocycles. The molecule has 1 unspecified atom stereocenters. The highest BCUT2D eigenvalue weighted by Crippen LogP contribution is 2.40. The molecule has 0 saturated heterocycles. The van der Waals surface area contributed by atoms with Crippen LogP contribution in [0.15, 0.2) is 18.2 Å². The van der Waals surface area contributed by atoms with Gasteiger partial charge in [-0.15, -0.1) is 0 Å². The minimum absolute atomic E-state index is 0.434. The van der Waals surface area contributed by atoms with Crippen LogP contribution in [-0.4, -0.2) is 20.3 Å². The molecule has 0 radical (unpaired) electrons. The fraction of sp³-hybridized carbons (Fsp3) is 0.625. The third kappa shape index (κ3) is 3.21. The van der Waals surface area contributed by atoms with Crippen molar-refractivity contribution in [1.82, 2.24) is 5.32 Å². The average molecular weight is 263 g/mol. The molecule has 0 spiro atoms. The van der Waals surface area contributed by atoms with E-state index in [1.165, 1.54) is 24.8 Å². The van der Waals surface area contributed by atoms with E-state index in [-0.39, 0.29) is 0 Å². The monoisotopic (exact) mass is 263 g/mol. The Morgan fingerprint density at radius 2 is 1.84 bits per heavy atom. The Kier molecular flexibility index (Phi) is 5.08. The molecule has 0 heterocycles. The van der Waals surface area contributed by atoms with Gasteiger partial charge >= 0.3 is 0 Å². The van der Waals surface area contributed by atoms with E-state index in [4.69, 9.17) is 9.47 Å². The number of nitrogens with one attached hydrogen (secondary N) is 1. The van der Waals surface area contributed by atoms with E-state index in [0.717, 1.165) is 17.4 Å². The van der Waals surface area contributed by atoms with Gasteiger partial charge in [0.1, 0.15) is 0 Å². The van der Waals surface area contributed by atoms with Gasteiger partial charge in [0, 0.05) is 6.04 Å². The number of hydrogen-bond acceptors (Lipinski definition) is 3. The number of hydrogen-bond donors (Lipinski definition) is 1. The molecule has 1 aromatic carbocycles. The van der Waals surface area contributed by atoms with Crippen LogP contribution in [0.2, 0.25) is 0 Å². The molecule has 19 heavy (non-hydrogen) atoms. The molecule has 1 N–H and O–H groups in total. The van der Waals surface area contributed by atoms with Gasteiger partial charge in [-0.2, -0.15) is 0 Å². The zero-order chi connectivity index (χ0) is 13.7. The van der Waals surface area contributed by atoms with E-state index < -0.39 is 0 Å². The van der Waals surface area contributed by atoms with Crippen LogP contribution in [0.3, 0.4) is 0 Å². The molecule has 3 nitrogen and oxygen atoms in total. The van der Waals surface area contributed by atoms with Crippen molar-refractivity contribution in [3.63, 3.8) is 0 Å². The minimum atomic E-state index is 0.434. The molecule has 1 aliphatic rings. The first-order chi connectivity index (χ1) is 9.30. The van der Waals surface area contributed by atoms with Crippen molar-refractivity contribution < 1.29 is 9.47 Å². The highest BCUT2D eigenvalue weighted by atomic mass is 16.5. The quantitative estimate of drug-likeness (QED) is 0.816. The summed E-state index contributed by atoms with van der Waals surface area (Å²) in [6.07, 6.45) is 4.00. The van der Waals surface area contributed by atoms with Crippen LogP contribution in [0, 0.1) is 5.92 Å². The molecule has 106 valence electrons. The molecular weight excluding hydrogens is 238 g/mol. The molecule has 0 bridgehead atoms. The fourth-order valence-corrected chi connectivity index (χ4v) is 2.71. The standard InChI is InChI=1S/C16H25NO2/c1-4-18-14-10-9-13(11-15(14)19-5-2)16(17-3)12-7-6-8-12/h9-12,16-17H,4-8H2,1-3H3. The average Bonchev–Trinajstić information content (AvgIpc) is 2.36. The van der Waals surface area contributed by atoms with E-state index >= 15 is 0 Å². The Labute approximate surface area is 116 Å². The van der Waals surface area contributed by atoms with Gasteiger partial charge in [0.2, 0.25) is 0 Å². The van der Waals surface area contributed by atoms with E-state index in [1.54, 1.807) is 0 Å². The lowest BCUT2D eigenvalue weighted by Gasteiger charge is -2.34. The lowest BCUT2D eigenvalue weighted by atomic mass is 9.77. The second kappa shape index (κ2) is 6.80. The van der Waals surface area contributed by atoms with Crippen molar-refractivity contribution in [2.45, 2.75) is 39.2 Å². The summed E-state index contributed by atoms with van der Waals surface area (Å²) in [5.41, 5.74) is 1.30. The minimum Gasteiger partial charge on any atom is -0.490 e. The van der Waals surface area contributed by atoms with Gasteiger partial charge in [-0.3, -0.25) is 0 Å². The van der Waals surface area contributed by atoms with Crippen molar-refractivity contribution in [2.24, 2.45) is 5.92 Å². The SMILES string of the molecule is CCOc1ccc(C(NC)C2CCC2)cc1OCC. The summed E-state index contributed by atoms with van der Waals surface area (Å²) in [6, 6.07) is 6.76. The second-order valence-corrected chi connectivity index (χ2v) is 5.03. The van der Waals surface area contributed by atoms with Crippen LogP contribution in [0.5, 0.6) is 11.5 Å². The number of ether oxygens (including phenoxy) is 2. The smallest absolute Gasteiger partial charge is 0.161 e. The molecule has 1 aliphatic carbocycles. The maximum Gasteiger partial charge on any atom is 0.161 e. The van der Waals surface area contributed by atoms with E-state index in [9.17, 15) is 0 Å². The zero-order valence-corrected chi connectivity index (χ0v) is 12.2. The molecular formula is C16H25NO2. The van der Waals surface area contributed by atoms with Crippen LogP contribution in [0.25, 0.3) is 0 Å². The molecule has 3 heteroatoms. The number of benzene rings is 1. The van der Waals surface area contributed by atoms with E-state index in [1.807, 2.05) is 27.0 Å². The summed E-state index contributed by atoms with van der Waals surface area (Å²) in [7, 11) is 2.04. The lowest BCUT2D eigenvalue weighted by molar-refractivity contribution is 0.238. The number of rotatable bonds is 7. The Morgan fingerprint density at radius 3 is 2.37 bits per heavy atom. The molecule has 1 atom stereocenters. The van der Waals surface area contributed by atoms with Crippen LogP contribution in [-0.2, 0) is 0 Å². The lowest BCUT2D eigenvalue weighted by Crippen LogP contribution is -2.29. The highest BCUT2D eigenvalue weighted by Gasteiger charge is 2.27.